The van der Waals surface area contributed by atoms with E-state index in [4.69, 9.17) is 4.84 Å². The van der Waals surface area contributed by atoms with Crippen molar-refractivity contribution >= 4 is 5.82 Å². The van der Waals surface area contributed by atoms with Gasteiger partial charge in [-0.1, -0.05) is 19.4 Å². The zero-order chi connectivity index (χ0) is 14.5. The molecule has 1 aromatic rings. The van der Waals surface area contributed by atoms with Crippen LogP contribution in [-0.2, 0) is 4.84 Å². The molecule has 0 atom stereocenters. The quantitative estimate of drug-likeness (QED) is 0.851. The molecule has 2 fully saturated rings. The Kier molecular flexibility index (Phi) is 5.09. The third kappa shape index (κ3) is 3.95. The normalized spacial score (nSPS) is 27.8. The van der Waals surface area contributed by atoms with Gasteiger partial charge < -0.3 is 4.90 Å². The minimum absolute atomic E-state index is 0.453. The van der Waals surface area contributed by atoms with Gasteiger partial charge in [-0.25, -0.2) is 4.98 Å². The maximum Gasteiger partial charge on any atom is 0.128 e. The molecule has 1 aliphatic heterocycles. The van der Waals surface area contributed by atoms with Gasteiger partial charge in [0.05, 0.1) is 6.10 Å². The van der Waals surface area contributed by atoms with Crippen LogP contribution in [0.1, 0.15) is 39.0 Å². The van der Waals surface area contributed by atoms with Crippen LogP contribution < -0.4 is 4.90 Å². The Morgan fingerprint density at radius 1 is 1.10 bits per heavy atom. The first-order chi connectivity index (χ1) is 10.3. The molecule has 1 saturated carbocycles. The Bertz CT molecular complexity index is 409. The molecule has 1 aliphatic carbocycles. The predicted molar refractivity (Wildman–Crippen MR) is 85.1 cm³/mol. The van der Waals surface area contributed by atoms with Crippen LogP contribution in [0.4, 0.5) is 5.82 Å². The Hall–Kier alpha value is -1.13. The molecule has 1 aromatic heterocycles. The number of hydrogen-bond acceptors (Lipinski definition) is 4. The molecule has 116 valence electrons. The van der Waals surface area contributed by atoms with Crippen molar-refractivity contribution in [2.75, 3.05) is 31.1 Å². The summed E-state index contributed by atoms with van der Waals surface area (Å²) in [5, 5.41) is 2.18. The number of anilines is 1. The van der Waals surface area contributed by atoms with E-state index >= 15 is 0 Å². The number of hydroxylamine groups is 2. The molecular formula is C17H27N3O. The zero-order valence-corrected chi connectivity index (χ0v) is 13.1. The van der Waals surface area contributed by atoms with Gasteiger partial charge in [-0.3, -0.25) is 4.84 Å². The number of rotatable bonds is 4. The van der Waals surface area contributed by atoms with Gasteiger partial charge in [-0.05, 0) is 43.7 Å². The van der Waals surface area contributed by atoms with Crippen molar-refractivity contribution in [3.8, 4) is 0 Å². The molecule has 1 saturated heterocycles. The first kappa shape index (κ1) is 14.8. The molecular weight excluding hydrogens is 262 g/mol. The maximum atomic E-state index is 6.20. The van der Waals surface area contributed by atoms with Crippen LogP contribution in [0.3, 0.4) is 0 Å². The van der Waals surface area contributed by atoms with Gasteiger partial charge in [-0.2, -0.15) is 5.06 Å². The molecule has 2 heterocycles. The van der Waals surface area contributed by atoms with Crippen molar-refractivity contribution in [1.29, 1.82) is 0 Å². The largest absolute Gasteiger partial charge is 0.354 e. The first-order valence-electron chi connectivity index (χ1n) is 8.43. The summed E-state index contributed by atoms with van der Waals surface area (Å²) in [5.41, 5.74) is 0. The van der Waals surface area contributed by atoms with Crippen LogP contribution in [0.25, 0.3) is 0 Å². The van der Waals surface area contributed by atoms with E-state index in [1.807, 2.05) is 12.3 Å². The smallest absolute Gasteiger partial charge is 0.128 e. The Labute approximate surface area is 128 Å². The summed E-state index contributed by atoms with van der Waals surface area (Å²) < 4.78 is 0. The van der Waals surface area contributed by atoms with Gasteiger partial charge in [0.25, 0.3) is 0 Å². The summed E-state index contributed by atoms with van der Waals surface area (Å²) in [5.74, 6) is 2.02. The van der Waals surface area contributed by atoms with Crippen molar-refractivity contribution in [2.24, 2.45) is 5.92 Å². The SMILES string of the molecule is CCC1CCC(ON2CCN(c3ccccn3)CC2)CC1. The number of aromatic nitrogens is 1. The van der Waals surface area contributed by atoms with Gasteiger partial charge in [0.1, 0.15) is 5.82 Å². The summed E-state index contributed by atoms with van der Waals surface area (Å²) in [6, 6.07) is 6.11. The molecule has 4 heteroatoms. The lowest BCUT2D eigenvalue weighted by Gasteiger charge is -2.38. The Balaban J connectivity index is 1.42. The van der Waals surface area contributed by atoms with Crippen LogP contribution >= 0.6 is 0 Å². The van der Waals surface area contributed by atoms with E-state index in [2.05, 4.69) is 34.0 Å². The fourth-order valence-corrected chi connectivity index (χ4v) is 3.42. The van der Waals surface area contributed by atoms with Crippen LogP contribution in [0.5, 0.6) is 0 Å². The molecule has 0 aromatic carbocycles. The number of hydrogen-bond donors (Lipinski definition) is 0. The molecule has 21 heavy (non-hydrogen) atoms. The molecule has 4 nitrogen and oxygen atoms in total. The number of pyridine rings is 1. The molecule has 0 spiro atoms. The molecule has 0 radical (unpaired) electrons. The maximum absolute atomic E-state index is 6.20. The summed E-state index contributed by atoms with van der Waals surface area (Å²) >= 11 is 0. The highest BCUT2D eigenvalue weighted by atomic mass is 16.7. The van der Waals surface area contributed by atoms with Crippen molar-refractivity contribution < 1.29 is 4.84 Å². The molecule has 3 rings (SSSR count). The standard InChI is InChI=1S/C17H27N3O/c1-2-15-6-8-16(9-7-15)21-20-13-11-19(12-14-20)17-5-3-4-10-18-17/h3-5,10,15-16H,2,6-9,11-14H2,1H3. The van der Waals surface area contributed by atoms with E-state index in [1.54, 1.807) is 0 Å². The van der Waals surface area contributed by atoms with E-state index in [-0.39, 0.29) is 0 Å². The highest BCUT2D eigenvalue weighted by Crippen LogP contribution is 2.29. The van der Waals surface area contributed by atoms with E-state index in [9.17, 15) is 0 Å². The second kappa shape index (κ2) is 7.23. The minimum atomic E-state index is 0.453. The Morgan fingerprint density at radius 2 is 1.86 bits per heavy atom. The second-order valence-corrected chi connectivity index (χ2v) is 6.26. The van der Waals surface area contributed by atoms with Crippen LogP contribution in [0.15, 0.2) is 24.4 Å². The van der Waals surface area contributed by atoms with Crippen molar-refractivity contribution in [3.63, 3.8) is 0 Å². The molecule has 0 bridgehead atoms. The van der Waals surface area contributed by atoms with Gasteiger partial charge in [0.2, 0.25) is 0 Å². The number of piperazine rings is 1. The highest BCUT2D eigenvalue weighted by molar-refractivity contribution is 5.38. The van der Waals surface area contributed by atoms with Gasteiger partial charge >= 0.3 is 0 Å². The van der Waals surface area contributed by atoms with Gasteiger partial charge in [0, 0.05) is 32.4 Å². The lowest BCUT2D eigenvalue weighted by molar-refractivity contribution is -0.208. The summed E-state index contributed by atoms with van der Waals surface area (Å²) in [7, 11) is 0. The fraction of sp³-hybridized carbons (Fsp3) is 0.706. The average Bonchev–Trinajstić information content (AvgIpc) is 2.57. The average molecular weight is 289 g/mol. The lowest BCUT2D eigenvalue weighted by atomic mass is 9.86. The first-order valence-corrected chi connectivity index (χ1v) is 8.43. The molecule has 0 N–H and O–H groups in total. The summed E-state index contributed by atoms with van der Waals surface area (Å²) in [6.45, 7) is 6.26. The predicted octanol–water partition coefficient (Wildman–Crippen LogP) is 3.10. The lowest BCUT2D eigenvalue weighted by Crippen LogP contribution is -2.48. The molecule has 0 amide bonds. The fourth-order valence-electron chi connectivity index (χ4n) is 3.42. The summed E-state index contributed by atoms with van der Waals surface area (Å²) in [6.07, 6.45) is 8.80. The van der Waals surface area contributed by atoms with E-state index < -0.39 is 0 Å². The third-order valence-corrected chi connectivity index (χ3v) is 4.88. The van der Waals surface area contributed by atoms with Crippen LogP contribution in [-0.4, -0.2) is 42.3 Å². The highest BCUT2D eigenvalue weighted by Gasteiger charge is 2.25. The monoisotopic (exact) mass is 289 g/mol. The molecule has 2 aliphatic rings. The zero-order valence-electron chi connectivity index (χ0n) is 13.1. The Morgan fingerprint density at radius 3 is 2.48 bits per heavy atom. The number of nitrogens with zero attached hydrogens (tertiary/aromatic N) is 3. The van der Waals surface area contributed by atoms with E-state index in [0.29, 0.717) is 6.10 Å². The topological polar surface area (TPSA) is 28.6 Å². The van der Waals surface area contributed by atoms with Crippen molar-refractivity contribution in [3.05, 3.63) is 24.4 Å². The van der Waals surface area contributed by atoms with Gasteiger partial charge in [0.15, 0.2) is 0 Å². The van der Waals surface area contributed by atoms with Gasteiger partial charge in [-0.15, -0.1) is 0 Å². The summed E-state index contributed by atoms with van der Waals surface area (Å²) in [4.78, 5) is 13.0. The van der Waals surface area contributed by atoms with Crippen LogP contribution in [0.2, 0.25) is 0 Å². The molecule has 0 unspecified atom stereocenters. The van der Waals surface area contributed by atoms with Crippen molar-refractivity contribution in [1.82, 2.24) is 10.0 Å². The van der Waals surface area contributed by atoms with E-state index in [1.165, 1.54) is 32.1 Å². The second-order valence-electron chi connectivity index (χ2n) is 6.26. The van der Waals surface area contributed by atoms with Crippen LogP contribution in [0, 0.1) is 5.92 Å². The van der Waals surface area contributed by atoms with Crippen molar-refractivity contribution in [2.45, 2.75) is 45.1 Å². The minimum Gasteiger partial charge on any atom is -0.354 e. The van der Waals surface area contributed by atoms with E-state index in [0.717, 1.165) is 37.9 Å². The third-order valence-electron chi connectivity index (χ3n) is 4.88.